The van der Waals surface area contributed by atoms with E-state index >= 15 is 0 Å². The third-order valence-corrected chi connectivity index (χ3v) is 3.86. The van der Waals surface area contributed by atoms with Gasteiger partial charge in [-0.25, -0.2) is 4.39 Å². The predicted octanol–water partition coefficient (Wildman–Crippen LogP) is 2.39. The number of likely N-dealkylation sites (tertiary alicyclic amines) is 1. The number of rotatable bonds is 3. The number of carboxylic acid groups (broad SMARTS) is 1. The van der Waals surface area contributed by atoms with Gasteiger partial charge in [0, 0.05) is 17.7 Å². The quantitative estimate of drug-likeness (QED) is 0.882. The molecule has 1 aliphatic heterocycles. The van der Waals surface area contributed by atoms with Gasteiger partial charge in [-0.1, -0.05) is 6.07 Å². The van der Waals surface area contributed by atoms with E-state index in [0.717, 1.165) is 6.07 Å². The molecule has 0 amide bonds. The van der Waals surface area contributed by atoms with Crippen LogP contribution in [0.3, 0.4) is 0 Å². The standard InChI is InChI=1S/C14H18FNO3/c1-9(12-3-2-11(17)8-13(12)15)16-6-4-10(5-7-16)14(18)19/h2-3,8-10,17H,4-7H2,1H3,(H,18,19). The molecule has 1 aromatic rings. The van der Waals surface area contributed by atoms with E-state index in [1.807, 2.05) is 6.92 Å². The highest BCUT2D eigenvalue weighted by atomic mass is 19.1. The molecule has 0 spiro atoms. The molecule has 2 N–H and O–H groups in total. The van der Waals surface area contributed by atoms with Gasteiger partial charge in [-0.15, -0.1) is 0 Å². The van der Waals surface area contributed by atoms with Crippen molar-refractivity contribution in [1.82, 2.24) is 4.90 Å². The van der Waals surface area contributed by atoms with Crippen LogP contribution in [0.2, 0.25) is 0 Å². The van der Waals surface area contributed by atoms with Crippen molar-refractivity contribution in [3.05, 3.63) is 29.6 Å². The molecule has 0 saturated carbocycles. The van der Waals surface area contributed by atoms with Gasteiger partial charge in [-0.05, 0) is 38.9 Å². The number of halogens is 1. The second kappa shape index (κ2) is 5.57. The Morgan fingerprint density at radius 2 is 2.05 bits per heavy atom. The van der Waals surface area contributed by atoms with Gasteiger partial charge in [0.15, 0.2) is 0 Å². The second-order valence-corrected chi connectivity index (χ2v) is 5.03. The van der Waals surface area contributed by atoms with Gasteiger partial charge < -0.3 is 10.2 Å². The molecule has 5 heteroatoms. The molecule has 1 unspecified atom stereocenters. The SMILES string of the molecule is CC(c1ccc(O)cc1F)N1CCC(C(=O)O)CC1. The maximum Gasteiger partial charge on any atom is 0.306 e. The molecule has 1 aliphatic rings. The molecule has 0 bridgehead atoms. The fraction of sp³-hybridized carbons (Fsp3) is 0.500. The average Bonchev–Trinajstić information content (AvgIpc) is 2.38. The van der Waals surface area contributed by atoms with Gasteiger partial charge in [-0.2, -0.15) is 0 Å². The largest absolute Gasteiger partial charge is 0.508 e. The summed E-state index contributed by atoms with van der Waals surface area (Å²) in [4.78, 5) is 13.0. The minimum Gasteiger partial charge on any atom is -0.508 e. The Balaban J connectivity index is 2.05. The average molecular weight is 267 g/mol. The predicted molar refractivity (Wildman–Crippen MR) is 68.4 cm³/mol. The first-order valence-electron chi connectivity index (χ1n) is 6.44. The molecule has 4 nitrogen and oxygen atoms in total. The number of carbonyl (C=O) groups is 1. The van der Waals surface area contributed by atoms with E-state index in [1.54, 1.807) is 6.07 Å². The lowest BCUT2D eigenvalue weighted by molar-refractivity contribution is -0.143. The molecular weight excluding hydrogens is 249 g/mol. The molecule has 1 atom stereocenters. The summed E-state index contributed by atoms with van der Waals surface area (Å²) >= 11 is 0. The Bertz CT molecular complexity index is 470. The first kappa shape index (κ1) is 13.8. The van der Waals surface area contributed by atoms with Crippen molar-refractivity contribution in [3.8, 4) is 5.75 Å². The van der Waals surface area contributed by atoms with Gasteiger partial charge in [0.2, 0.25) is 0 Å². The maximum absolute atomic E-state index is 13.8. The first-order valence-corrected chi connectivity index (χ1v) is 6.44. The Morgan fingerprint density at radius 1 is 1.42 bits per heavy atom. The van der Waals surface area contributed by atoms with E-state index in [1.165, 1.54) is 6.07 Å². The fourth-order valence-electron chi connectivity index (χ4n) is 2.59. The monoisotopic (exact) mass is 267 g/mol. The van der Waals surface area contributed by atoms with Crippen LogP contribution in [0, 0.1) is 11.7 Å². The lowest BCUT2D eigenvalue weighted by Gasteiger charge is -2.35. The van der Waals surface area contributed by atoms with Crippen molar-refractivity contribution in [3.63, 3.8) is 0 Å². The van der Waals surface area contributed by atoms with Crippen molar-refractivity contribution in [2.75, 3.05) is 13.1 Å². The van der Waals surface area contributed by atoms with Crippen molar-refractivity contribution < 1.29 is 19.4 Å². The number of hydrogen-bond acceptors (Lipinski definition) is 3. The molecule has 0 radical (unpaired) electrons. The van der Waals surface area contributed by atoms with E-state index in [-0.39, 0.29) is 17.7 Å². The minimum atomic E-state index is -0.747. The summed E-state index contributed by atoms with van der Waals surface area (Å²) in [6, 6.07) is 4.04. The zero-order chi connectivity index (χ0) is 14.0. The lowest BCUT2D eigenvalue weighted by Crippen LogP contribution is -2.38. The van der Waals surface area contributed by atoms with Crippen LogP contribution in [0.15, 0.2) is 18.2 Å². The summed E-state index contributed by atoms with van der Waals surface area (Å²) in [5, 5.41) is 18.2. The summed E-state index contributed by atoms with van der Waals surface area (Å²) in [6.45, 7) is 3.20. The van der Waals surface area contributed by atoms with Crippen LogP contribution in [0.1, 0.15) is 31.4 Å². The van der Waals surface area contributed by atoms with Gasteiger partial charge in [0.05, 0.1) is 5.92 Å². The molecule has 1 saturated heterocycles. The van der Waals surface area contributed by atoms with Crippen LogP contribution >= 0.6 is 0 Å². The van der Waals surface area contributed by atoms with Gasteiger partial charge >= 0.3 is 5.97 Å². The summed E-state index contributed by atoms with van der Waals surface area (Å²) < 4.78 is 13.8. The summed E-state index contributed by atoms with van der Waals surface area (Å²) in [7, 11) is 0. The molecule has 1 heterocycles. The number of benzene rings is 1. The number of phenolic OH excluding ortho intramolecular Hbond substituents is 1. The molecule has 19 heavy (non-hydrogen) atoms. The van der Waals surface area contributed by atoms with Crippen molar-refractivity contribution in [1.29, 1.82) is 0 Å². The van der Waals surface area contributed by atoms with E-state index in [4.69, 9.17) is 5.11 Å². The Hall–Kier alpha value is -1.62. The van der Waals surface area contributed by atoms with Crippen molar-refractivity contribution in [2.24, 2.45) is 5.92 Å². The molecule has 104 valence electrons. The van der Waals surface area contributed by atoms with Gasteiger partial charge in [0.1, 0.15) is 11.6 Å². The lowest BCUT2D eigenvalue weighted by atomic mass is 9.94. The van der Waals surface area contributed by atoms with Crippen LogP contribution in [-0.4, -0.2) is 34.2 Å². The topological polar surface area (TPSA) is 60.8 Å². The van der Waals surface area contributed by atoms with Crippen LogP contribution in [0.4, 0.5) is 4.39 Å². The Labute approximate surface area is 111 Å². The van der Waals surface area contributed by atoms with E-state index in [9.17, 15) is 14.3 Å². The van der Waals surface area contributed by atoms with Crippen LogP contribution in [0.25, 0.3) is 0 Å². The summed E-state index contributed by atoms with van der Waals surface area (Å²) in [6.07, 6.45) is 1.19. The Kier molecular flexibility index (Phi) is 4.04. The Morgan fingerprint density at radius 3 is 2.58 bits per heavy atom. The molecule has 1 fully saturated rings. The highest BCUT2D eigenvalue weighted by molar-refractivity contribution is 5.70. The van der Waals surface area contributed by atoms with E-state index < -0.39 is 11.8 Å². The third kappa shape index (κ3) is 3.04. The molecule has 2 rings (SSSR count). The highest BCUT2D eigenvalue weighted by Gasteiger charge is 2.28. The smallest absolute Gasteiger partial charge is 0.306 e. The number of hydrogen-bond donors (Lipinski definition) is 2. The number of nitrogens with zero attached hydrogens (tertiary/aromatic N) is 1. The van der Waals surface area contributed by atoms with E-state index in [2.05, 4.69) is 4.90 Å². The van der Waals surface area contributed by atoms with Crippen LogP contribution in [0.5, 0.6) is 5.75 Å². The zero-order valence-electron chi connectivity index (χ0n) is 10.8. The first-order chi connectivity index (χ1) is 8.99. The van der Waals surface area contributed by atoms with Crippen LogP contribution < -0.4 is 0 Å². The minimum absolute atomic E-state index is 0.0852. The maximum atomic E-state index is 13.8. The van der Waals surface area contributed by atoms with Gasteiger partial charge in [-0.3, -0.25) is 9.69 Å². The normalized spacial score (nSPS) is 19.3. The zero-order valence-corrected chi connectivity index (χ0v) is 10.8. The number of aromatic hydroxyl groups is 1. The van der Waals surface area contributed by atoms with E-state index in [0.29, 0.717) is 31.5 Å². The number of carboxylic acids is 1. The summed E-state index contributed by atoms with van der Waals surface area (Å²) in [5.74, 6) is -1.54. The van der Waals surface area contributed by atoms with Gasteiger partial charge in [0.25, 0.3) is 0 Å². The number of phenols is 1. The van der Waals surface area contributed by atoms with Crippen LogP contribution in [-0.2, 0) is 4.79 Å². The molecular formula is C14H18FNO3. The number of piperidine rings is 1. The third-order valence-electron chi connectivity index (χ3n) is 3.86. The second-order valence-electron chi connectivity index (χ2n) is 5.03. The molecule has 0 aromatic heterocycles. The number of aliphatic carboxylic acids is 1. The fourth-order valence-corrected chi connectivity index (χ4v) is 2.59. The molecule has 1 aromatic carbocycles. The van der Waals surface area contributed by atoms with Crippen molar-refractivity contribution >= 4 is 5.97 Å². The van der Waals surface area contributed by atoms with Crippen molar-refractivity contribution in [2.45, 2.75) is 25.8 Å². The highest BCUT2D eigenvalue weighted by Crippen LogP contribution is 2.29. The molecule has 0 aliphatic carbocycles. The summed E-state index contributed by atoms with van der Waals surface area (Å²) in [5.41, 5.74) is 0.534.